The van der Waals surface area contributed by atoms with Gasteiger partial charge in [0.15, 0.2) is 5.11 Å². The monoisotopic (exact) mass is 293 g/mol. The van der Waals surface area contributed by atoms with Crippen molar-refractivity contribution in [2.24, 2.45) is 0 Å². The van der Waals surface area contributed by atoms with Crippen molar-refractivity contribution in [3.8, 4) is 0 Å². The van der Waals surface area contributed by atoms with Gasteiger partial charge >= 0.3 is 0 Å². The van der Waals surface area contributed by atoms with E-state index in [4.69, 9.17) is 12.2 Å². The second-order valence-corrected chi connectivity index (χ2v) is 5.23. The Kier molecular flexibility index (Phi) is 3.79. The molecular formula is C17H15N3S. The van der Waals surface area contributed by atoms with Crippen LogP contribution >= 0.6 is 12.2 Å². The second kappa shape index (κ2) is 5.89. The number of fused-ring (bicyclic) bond motifs is 1. The number of hydrogen-bond donors (Lipinski definition) is 2. The Hall–Kier alpha value is -2.46. The zero-order valence-electron chi connectivity index (χ0n) is 11.6. The van der Waals surface area contributed by atoms with Crippen LogP contribution in [0.4, 0.5) is 11.5 Å². The third-order valence-electron chi connectivity index (χ3n) is 3.19. The van der Waals surface area contributed by atoms with Gasteiger partial charge < -0.3 is 10.6 Å². The first kappa shape index (κ1) is 13.5. The molecule has 1 aromatic heterocycles. The quantitative estimate of drug-likeness (QED) is 0.689. The summed E-state index contributed by atoms with van der Waals surface area (Å²) in [6.45, 7) is 2.00. The zero-order chi connectivity index (χ0) is 14.7. The normalized spacial score (nSPS) is 10.3. The number of benzene rings is 2. The van der Waals surface area contributed by atoms with Crippen molar-refractivity contribution in [1.82, 2.24) is 4.98 Å². The Bertz CT molecular complexity index is 776. The van der Waals surface area contributed by atoms with Crippen LogP contribution in [0.3, 0.4) is 0 Å². The molecule has 0 aliphatic carbocycles. The third kappa shape index (κ3) is 3.17. The van der Waals surface area contributed by atoms with E-state index in [9.17, 15) is 0 Å². The van der Waals surface area contributed by atoms with Crippen LogP contribution in [-0.4, -0.2) is 10.1 Å². The summed E-state index contributed by atoms with van der Waals surface area (Å²) in [5.74, 6) is 0.735. The van der Waals surface area contributed by atoms with Gasteiger partial charge in [-0.1, -0.05) is 42.5 Å². The molecule has 0 atom stereocenters. The Morgan fingerprint density at radius 2 is 1.76 bits per heavy atom. The summed E-state index contributed by atoms with van der Waals surface area (Å²) >= 11 is 5.35. The number of thiocarbonyl (C=S) groups is 1. The lowest BCUT2D eigenvalue weighted by Crippen LogP contribution is -2.19. The molecule has 0 aliphatic heterocycles. The number of pyridine rings is 1. The van der Waals surface area contributed by atoms with Crippen molar-refractivity contribution < 1.29 is 0 Å². The summed E-state index contributed by atoms with van der Waals surface area (Å²) in [4.78, 5) is 4.28. The van der Waals surface area contributed by atoms with Gasteiger partial charge in [0.1, 0.15) is 5.82 Å². The minimum absolute atomic E-state index is 0.530. The highest BCUT2D eigenvalue weighted by molar-refractivity contribution is 7.80. The molecule has 3 aromatic rings. The first-order valence-electron chi connectivity index (χ1n) is 6.71. The Morgan fingerprint density at radius 3 is 2.57 bits per heavy atom. The second-order valence-electron chi connectivity index (χ2n) is 4.83. The van der Waals surface area contributed by atoms with Gasteiger partial charge in [-0.2, -0.15) is 0 Å². The van der Waals surface area contributed by atoms with E-state index in [-0.39, 0.29) is 0 Å². The Balaban J connectivity index is 1.79. The third-order valence-corrected chi connectivity index (χ3v) is 3.39. The van der Waals surface area contributed by atoms with E-state index in [1.807, 2.05) is 49.5 Å². The summed E-state index contributed by atoms with van der Waals surface area (Å²) < 4.78 is 0. The molecular weight excluding hydrogens is 278 g/mol. The molecule has 0 spiro atoms. The first-order chi connectivity index (χ1) is 10.2. The molecule has 104 valence electrons. The van der Waals surface area contributed by atoms with E-state index in [2.05, 4.69) is 33.8 Å². The number of rotatable bonds is 2. The van der Waals surface area contributed by atoms with Crippen LogP contribution < -0.4 is 10.6 Å². The van der Waals surface area contributed by atoms with Crippen LogP contribution in [0.2, 0.25) is 0 Å². The van der Waals surface area contributed by atoms with E-state index in [1.54, 1.807) is 0 Å². The van der Waals surface area contributed by atoms with Crippen molar-refractivity contribution in [3.05, 3.63) is 66.4 Å². The lowest BCUT2D eigenvalue weighted by Gasteiger charge is -2.12. The van der Waals surface area contributed by atoms with Crippen LogP contribution in [0.5, 0.6) is 0 Å². The number of anilines is 2. The highest BCUT2D eigenvalue weighted by Crippen LogP contribution is 2.23. The highest BCUT2D eigenvalue weighted by atomic mass is 32.1. The minimum atomic E-state index is 0.530. The number of nitrogens with one attached hydrogen (secondary N) is 2. The van der Waals surface area contributed by atoms with E-state index in [0.717, 1.165) is 22.5 Å². The van der Waals surface area contributed by atoms with Gasteiger partial charge in [0, 0.05) is 17.3 Å². The highest BCUT2D eigenvalue weighted by Gasteiger charge is 2.03. The maximum absolute atomic E-state index is 5.35. The number of nitrogens with zero attached hydrogens (tertiary/aromatic N) is 1. The smallest absolute Gasteiger partial charge is 0.176 e. The topological polar surface area (TPSA) is 37.0 Å². The molecule has 0 amide bonds. The molecule has 0 saturated heterocycles. The molecule has 4 heteroatoms. The predicted octanol–water partition coefficient (Wildman–Crippen LogP) is 4.35. The van der Waals surface area contributed by atoms with Crippen molar-refractivity contribution in [2.75, 3.05) is 10.6 Å². The Labute approximate surface area is 129 Å². The lowest BCUT2D eigenvalue weighted by atomic mass is 10.1. The van der Waals surface area contributed by atoms with Gasteiger partial charge in [-0.15, -0.1) is 0 Å². The molecule has 3 rings (SSSR count). The van der Waals surface area contributed by atoms with Gasteiger partial charge in [-0.25, -0.2) is 4.98 Å². The van der Waals surface area contributed by atoms with Crippen LogP contribution in [0.25, 0.3) is 10.8 Å². The van der Waals surface area contributed by atoms with Crippen LogP contribution in [-0.2, 0) is 0 Å². The van der Waals surface area contributed by atoms with Gasteiger partial charge in [0.2, 0.25) is 0 Å². The Morgan fingerprint density at radius 1 is 0.952 bits per heavy atom. The first-order valence-corrected chi connectivity index (χ1v) is 7.11. The molecule has 0 bridgehead atoms. The number of aromatic nitrogens is 1. The maximum Gasteiger partial charge on any atom is 0.176 e. The largest absolute Gasteiger partial charge is 0.332 e. The molecule has 2 aromatic carbocycles. The summed E-state index contributed by atoms with van der Waals surface area (Å²) in [6, 6.07) is 18.2. The van der Waals surface area contributed by atoms with Crippen LogP contribution in [0.1, 0.15) is 5.56 Å². The molecule has 0 radical (unpaired) electrons. The van der Waals surface area contributed by atoms with E-state index in [1.165, 1.54) is 5.39 Å². The van der Waals surface area contributed by atoms with Crippen LogP contribution in [0.15, 0.2) is 60.8 Å². The average Bonchev–Trinajstić information content (AvgIpc) is 2.50. The van der Waals surface area contributed by atoms with E-state index in [0.29, 0.717) is 5.11 Å². The molecule has 0 saturated carbocycles. The summed E-state index contributed by atoms with van der Waals surface area (Å²) in [7, 11) is 0. The molecule has 0 unspecified atom stereocenters. The van der Waals surface area contributed by atoms with Gasteiger partial charge in [-0.3, -0.25) is 0 Å². The minimum Gasteiger partial charge on any atom is -0.332 e. The molecule has 21 heavy (non-hydrogen) atoms. The molecule has 2 N–H and O–H groups in total. The number of aryl methyl sites for hydroxylation is 1. The molecule has 3 nitrogen and oxygen atoms in total. The van der Waals surface area contributed by atoms with E-state index >= 15 is 0 Å². The fourth-order valence-corrected chi connectivity index (χ4v) is 2.36. The fraction of sp³-hybridized carbons (Fsp3) is 0.0588. The summed E-state index contributed by atoms with van der Waals surface area (Å²) in [5, 5.41) is 9.17. The summed E-state index contributed by atoms with van der Waals surface area (Å²) in [5.41, 5.74) is 2.10. The van der Waals surface area contributed by atoms with Gasteiger partial charge in [-0.05, 0) is 42.2 Å². The SMILES string of the molecule is Cc1ccc(NC(=S)Nc2cccc3ccccc23)nc1. The summed E-state index contributed by atoms with van der Waals surface area (Å²) in [6.07, 6.45) is 1.81. The zero-order valence-corrected chi connectivity index (χ0v) is 12.4. The number of hydrogen-bond acceptors (Lipinski definition) is 2. The predicted molar refractivity (Wildman–Crippen MR) is 92.8 cm³/mol. The molecule has 0 aliphatic rings. The molecule has 0 fully saturated rings. The average molecular weight is 293 g/mol. The van der Waals surface area contributed by atoms with Crippen molar-refractivity contribution in [3.63, 3.8) is 0 Å². The standard InChI is InChI=1S/C17H15N3S/c1-12-9-10-16(18-11-12)20-17(21)19-15-8-4-6-13-5-2-3-7-14(13)15/h2-11H,1H3,(H2,18,19,20,21). The van der Waals surface area contributed by atoms with Crippen molar-refractivity contribution in [1.29, 1.82) is 0 Å². The van der Waals surface area contributed by atoms with Crippen molar-refractivity contribution >= 4 is 39.6 Å². The van der Waals surface area contributed by atoms with Gasteiger partial charge in [0.05, 0.1) is 0 Å². The van der Waals surface area contributed by atoms with Gasteiger partial charge in [0.25, 0.3) is 0 Å². The fourth-order valence-electron chi connectivity index (χ4n) is 2.15. The lowest BCUT2D eigenvalue weighted by molar-refractivity contribution is 1.27. The molecule has 1 heterocycles. The van der Waals surface area contributed by atoms with Crippen LogP contribution in [0, 0.1) is 6.92 Å². The van der Waals surface area contributed by atoms with Crippen molar-refractivity contribution in [2.45, 2.75) is 6.92 Å². The maximum atomic E-state index is 5.35. The van der Waals surface area contributed by atoms with E-state index < -0.39 is 0 Å².